The summed E-state index contributed by atoms with van der Waals surface area (Å²) in [6.45, 7) is 0.0225. The predicted molar refractivity (Wildman–Crippen MR) is 98.2 cm³/mol. The number of sulfonamides is 1. The van der Waals surface area contributed by atoms with Gasteiger partial charge < -0.3 is 0 Å². The molecule has 0 amide bonds. The molecule has 2 aromatic rings. The zero-order chi connectivity index (χ0) is 20.6. The fourth-order valence-electron chi connectivity index (χ4n) is 3.35. The molecule has 1 aliphatic rings. The summed E-state index contributed by atoms with van der Waals surface area (Å²) in [5.41, 5.74) is -1.11. The topological polar surface area (TPSA) is 61.2 Å². The summed E-state index contributed by atoms with van der Waals surface area (Å²) in [6.07, 6.45) is -4.20. The van der Waals surface area contributed by atoms with Gasteiger partial charge in [-0.25, -0.2) is 8.42 Å². The third-order valence-corrected chi connectivity index (χ3v) is 7.37. The monoisotopic (exact) mass is 428 g/mol. The van der Waals surface area contributed by atoms with Crippen molar-refractivity contribution < 1.29 is 21.6 Å². The van der Waals surface area contributed by atoms with Crippen LogP contribution >= 0.6 is 11.6 Å². The van der Waals surface area contributed by atoms with Crippen LogP contribution in [0.1, 0.15) is 24.0 Å². The van der Waals surface area contributed by atoms with E-state index in [1.807, 2.05) is 18.2 Å². The molecule has 2 aromatic carbocycles. The fourth-order valence-corrected chi connectivity index (χ4v) is 5.29. The summed E-state index contributed by atoms with van der Waals surface area (Å²) < 4.78 is 65.9. The third kappa shape index (κ3) is 3.75. The lowest BCUT2D eigenvalue weighted by atomic mass is 9.74. The minimum Gasteiger partial charge on any atom is -0.207 e. The van der Waals surface area contributed by atoms with Crippen LogP contribution in [-0.2, 0) is 21.6 Å². The normalized spacial score (nSPS) is 17.8. The highest BCUT2D eigenvalue weighted by Crippen LogP contribution is 2.38. The first-order valence-electron chi connectivity index (χ1n) is 8.44. The van der Waals surface area contributed by atoms with Gasteiger partial charge in [-0.15, -0.1) is 0 Å². The molecular formula is C19H16ClF3N2O2S. The van der Waals surface area contributed by atoms with Crippen molar-refractivity contribution in [1.29, 1.82) is 5.26 Å². The van der Waals surface area contributed by atoms with Crippen molar-refractivity contribution >= 4 is 21.6 Å². The van der Waals surface area contributed by atoms with Gasteiger partial charge >= 0.3 is 6.18 Å². The summed E-state index contributed by atoms with van der Waals surface area (Å²) >= 11 is 5.90. The van der Waals surface area contributed by atoms with Gasteiger partial charge in [0.15, 0.2) is 0 Å². The van der Waals surface area contributed by atoms with Crippen LogP contribution in [0.4, 0.5) is 13.2 Å². The Morgan fingerprint density at radius 1 is 1.07 bits per heavy atom. The van der Waals surface area contributed by atoms with Gasteiger partial charge in [0.1, 0.15) is 4.90 Å². The maximum atomic E-state index is 13.0. The molecule has 9 heteroatoms. The Labute approximate surface area is 166 Å². The Bertz CT molecular complexity index is 1010. The van der Waals surface area contributed by atoms with E-state index in [0.29, 0.717) is 6.07 Å². The maximum absolute atomic E-state index is 13.0. The minimum atomic E-state index is -4.68. The van der Waals surface area contributed by atoms with Crippen LogP contribution in [0, 0.1) is 11.3 Å². The molecule has 1 aliphatic heterocycles. The van der Waals surface area contributed by atoms with Crippen LogP contribution in [0.2, 0.25) is 5.02 Å². The Morgan fingerprint density at radius 2 is 1.68 bits per heavy atom. The number of halogens is 4. The molecule has 0 saturated carbocycles. The van der Waals surface area contributed by atoms with Crippen LogP contribution < -0.4 is 0 Å². The average molecular weight is 429 g/mol. The van der Waals surface area contributed by atoms with Crippen molar-refractivity contribution in [3.8, 4) is 6.07 Å². The van der Waals surface area contributed by atoms with Crippen LogP contribution in [-0.4, -0.2) is 25.8 Å². The number of rotatable bonds is 3. The highest BCUT2D eigenvalue weighted by Gasteiger charge is 2.41. The molecule has 28 heavy (non-hydrogen) atoms. The molecule has 0 radical (unpaired) electrons. The molecule has 1 heterocycles. The van der Waals surface area contributed by atoms with Crippen molar-refractivity contribution in [2.45, 2.75) is 29.3 Å². The number of piperidine rings is 1. The van der Waals surface area contributed by atoms with Gasteiger partial charge in [-0.1, -0.05) is 41.9 Å². The van der Waals surface area contributed by atoms with E-state index in [1.165, 1.54) is 0 Å². The quantitative estimate of drug-likeness (QED) is 0.717. The first kappa shape index (κ1) is 20.6. The van der Waals surface area contributed by atoms with Crippen molar-refractivity contribution in [3.63, 3.8) is 0 Å². The molecule has 0 spiro atoms. The van der Waals surface area contributed by atoms with Gasteiger partial charge in [-0.3, -0.25) is 0 Å². The van der Waals surface area contributed by atoms with Crippen molar-refractivity contribution in [2.24, 2.45) is 0 Å². The Kier molecular flexibility index (Phi) is 5.45. The molecule has 0 unspecified atom stereocenters. The SMILES string of the molecule is N#CC1(c2ccccc2)CCN(S(=O)(=O)c2cc(C(F)(F)F)ccc2Cl)CC1. The molecule has 0 aliphatic carbocycles. The van der Waals surface area contributed by atoms with E-state index in [2.05, 4.69) is 6.07 Å². The number of hydrogen-bond acceptors (Lipinski definition) is 3. The smallest absolute Gasteiger partial charge is 0.207 e. The summed E-state index contributed by atoms with van der Waals surface area (Å²) in [7, 11) is -4.22. The zero-order valence-electron chi connectivity index (χ0n) is 14.6. The van der Waals surface area contributed by atoms with Gasteiger partial charge in [0, 0.05) is 13.1 Å². The molecular weight excluding hydrogens is 413 g/mol. The van der Waals surface area contributed by atoms with E-state index in [4.69, 9.17) is 11.6 Å². The lowest BCUT2D eigenvalue weighted by Crippen LogP contribution is -2.44. The van der Waals surface area contributed by atoms with Crippen molar-refractivity contribution in [2.75, 3.05) is 13.1 Å². The second kappa shape index (κ2) is 7.39. The number of nitrogens with zero attached hydrogens (tertiary/aromatic N) is 2. The standard InChI is InChI=1S/C19H16ClF3N2O2S/c20-16-7-6-15(19(21,22)23)12-17(16)28(26,27)25-10-8-18(13-24,9-11-25)14-4-2-1-3-5-14/h1-7,12H,8-11H2. The zero-order valence-corrected chi connectivity index (χ0v) is 16.2. The number of alkyl halides is 3. The second-order valence-electron chi connectivity index (χ2n) is 6.61. The van der Waals surface area contributed by atoms with Crippen molar-refractivity contribution in [1.82, 2.24) is 4.31 Å². The molecule has 0 N–H and O–H groups in total. The molecule has 0 atom stereocenters. The van der Waals surface area contributed by atoms with E-state index in [0.717, 1.165) is 22.0 Å². The predicted octanol–water partition coefficient (Wildman–Crippen LogP) is 4.60. The molecule has 3 rings (SSSR count). The van der Waals surface area contributed by atoms with Crippen molar-refractivity contribution in [3.05, 3.63) is 64.7 Å². The van der Waals surface area contributed by atoms with Crippen LogP contribution in [0.3, 0.4) is 0 Å². The highest BCUT2D eigenvalue weighted by atomic mass is 35.5. The highest BCUT2D eigenvalue weighted by molar-refractivity contribution is 7.89. The molecule has 0 bridgehead atoms. The summed E-state index contributed by atoms with van der Waals surface area (Å²) in [5.74, 6) is 0. The molecule has 1 fully saturated rings. The van der Waals surface area contributed by atoms with Gasteiger partial charge in [0.2, 0.25) is 10.0 Å². The first-order chi connectivity index (χ1) is 13.1. The third-order valence-electron chi connectivity index (χ3n) is 4.99. The van der Waals surface area contributed by atoms with E-state index in [9.17, 15) is 26.9 Å². The van der Waals surface area contributed by atoms with Gasteiger partial charge in [-0.2, -0.15) is 22.7 Å². The lowest BCUT2D eigenvalue weighted by molar-refractivity contribution is -0.137. The van der Waals surface area contributed by atoms with E-state index in [1.54, 1.807) is 12.1 Å². The Balaban J connectivity index is 1.89. The molecule has 148 valence electrons. The number of nitriles is 1. The van der Waals surface area contributed by atoms with E-state index >= 15 is 0 Å². The van der Waals surface area contributed by atoms with E-state index < -0.39 is 32.1 Å². The molecule has 0 aromatic heterocycles. The summed E-state index contributed by atoms with van der Waals surface area (Å²) in [4.78, 5) is -0.576. The minimum absolute atomic E-state index is 0.0113. The average Bonchev–Trinajstić information content (AvgIpc) is 2.68. The first-order valence-corrected chi connectivity index (χ1v) is 10.3. The summed E-state index contributed by atoms with van der Waals surface area (Å²) in [6, 6.07) is 13.6. The second-order valence-corrected chi connectivity index (χ2v) is 8.92. The lowest BCUT2D eigenvalue weighted by Gasteiger charge is -2.37. The van der Waals surface area contributed by atoms with E-state index in [-0.39, 0.29) is 31.0 Å². The molecule has 1 saturated heterocycles. The van der Waals surface area contributed by atoms with Gasteiger partial charge in [0.25, 0.3) is 0 Å². The Hall–Kier alpha value is -2.08. The maximum Gasteiger partial charge on any atom is 0.416 e. The number of hydrogen-bond donors (Lipinski definition) is 0. The fraction of sp³-hybridized carbons (Fsp3) is 0.316. The van der Waals surface area contributed by atoms with Gasteiger partial charge in [-0.05, 0) is 36.6 Å². The van der Waals surface area contributed by atoms with Gasteiger partial charge in [0.05, 0.1) is 22.1 Å². The number of benzene rings is 2. The summed E-state index contributed by atoms with van der Waals surface area (Å²) in [5, 5.41) is 9.44. The van der Waals surface area contributed by atoms with Crippen LogP contribution in [0.25, 0.3) is 0 Å². The Morgan fingerprint density at radius 3 is 2.21 bits per heavy atom. The molecule has 4 nitrogen and oxygen atoms in total. The van der Waals surface area contributed by atoms with Crippen LogP contribution in [0.5, 0.6) is 0 Å². The largest absolute Gasteiger partial charge is 0.416 e. The van der Waals surface area contributed by atoms with Crippen LogP contribution in [0.15, 0.2) is 53.4 Å².